The summed E-state index contributed by atoms with van der Waals surface area (Å²) < 4.78 is 28.4. The van der Waals surface area contributed by atoms with Crippen LogP contribution in [0.2, 0.25) is 0 Å². The van der Waals surface area contributed by atoms with Crippen LogP contribution in [0.3, 0.4) is 0 Å². The molecule has 2 saturated carbocycles. The normalized spacial score (nSPS) is 24.4. The van der Waals surface area contributed by atoms with Gasteiger partial charge in [-0.25, -0.2) is 18.1 Å². The zero-order valence-corrected chi connectivity index (χ0v) is 17.4. The molecule has 0 saturated heterocycles. The Bertz CT molecular complexity index is 990. The van der Waals surface area contributed by atoms with Crippen molar-refractivity contribution < 1.29 is 13.2 Å². The quantitative estimate of drug-likeness (QED) is 0.756. The number of nitrogens with zero attached hydrogens (tertiary/aromatic N) is 2. The molecule has 1 aromatic heterocycles. The number of fused-ring (bicyclic) bond motifs is 2. The summed E-state index contributed by atoms with van der Waals surface area (Å²) >= 11 is 0. The van der Waals surface area contributed by atoms with Gasteiger partial charge in [-0.3, -0.25) is 9.78 Å². The summed E-state index contributed by atoms with van der Waals surface area (Å²) in [7, 11) is -3.60. The lowest BCUT2D eigenvalue weighted by molar-refractivity contribution is 0.102. The number of anilines is 1. The Morgan fingerprint density at radius 3 is 2.45 bits per heavy atom. The number of carbonyl (C=O) groups is 1. The molecule has 7 nitrogen and oxygen atoms in total. The predicted molar refractivity (Wildman–Crippen MR) is 110 cm³/mol. The molecule has 0 aliphatic heterocycles. The van der Waals surface area contributed by atoms with Crippen LogP contribution in [0.25, 0.3) is 0 Å². The van der Waals surface area contributed by atoms with Crippen LogP contribution in [-0.2, 0) is 10.0 Å². The minimum absolute atomic E-state index is 0.0743. The number of nitrogens with one attached hydrogen (secondary N) is 2. The Hall–Kier alpha value is -2.32. The second-order valence-electron chi connectivity index (χ2n) is 8.27. The Kier molecular flexibility index (Phi) is 5.40. The van der Waals surface area contributed by atoms with E-state index in [1.54, 1.807) is 19.1 Å². The minimum Gasteiger partial charge on any atom is -0.321 e. The van der Waals surface area contributed by atoms with Gasteiger partial charge >= 0.3 is 0 Å². The molecular weight excluding hydrogens is 388 g/mol. The van der Waals surface area contributed by atoms with Crippen LogP contribution in [0.15, 0.2) is 41.6 Å². The minimum atomic E-state index is -3.60. The van der Waals surface area contributed by atoms with E-state index in [9.17, 15) is 13.2 Å². The van der Waals surface area contributed by atoms with Crippen LogP contribution >= 0.6 is 0 Å². The number of sulfonamides is 1. The van der Waals surface area contributed by atoms with Crippen molar-refractivity contribution in [3.05, 3.63) is 48.0 Å². The van der Waals surface area contributed by atoms with Gasteiger partial charge in [0.25, 0.3) is 5.91 Å². The number of benzene rings is 1. The molecule has 2 N–H and O–H groups in total. The van der Waals surface area contributed by atoms with Crippen molar-refractivity contribution in [1.82, 2.24) is 14.7 Å². The molecule has 2 aliphatic rings. The van der Waals surface area contributed by atoms with Crippen molar-refractivity contribution >= 4 is 21.6 Å². The Morgan fingerprint density at radius 2 is 1.86 bits per heavy atom. The second-order valence-corrected chi connectivity index (χ2v) is 9.98. The first-order valence-corrected chi connectivity index (χ1v) is 11.5. The van der Waals surface area contributed by atoms with Gasteiger partial charge in [0.15, 0.2) is 0 Å². The van der Waals surface area contributed by atoms with Gasteiger partial charge in [-0.15, -0.1) is 0 Å². The highest BCUT2D eigenvalue weighted by Gasteiger charge is 2.42. The summed E-state index contributed by atoms with van der Waals surface area (Å²) in [6.45, 7) is 3.76. The maximum atomic E-state index is 12.8. The predicted octanol–water partition coefficient (Wildman–Crippen LogP) is 3.14. The summed E-state index contributed by atoms with van der Waals surface area (Å²) in [5, 5.41) is 2.70. The first-order valence-electron chi connectivity index (χ1n) is 10.0. The molecule has 0 spiro atoms. The smallest absolute Gasteiger partial charge is 0.275 e. The molecule has 0 unspecified atom stereocenters. The van der Waals surface area contributed by atoms with Crippen molar-refractivity contribution in [2.75, 3.05) is 5.32 Å². The Balaban J connectivity index is 1.40. The van der Waals surface area contributed by atoms with Crippen molar-refractivity contribution in [1.29, 1.82) is 0 Å². The third-order valence-electron chi connectivity index (χ3n) is 6.21. The standard InChI is InChI=1S/C21H26N4O3S/c1-13-11-23-20(12-22-13)21(26)24-17-5-7-18(8-6-17)29(27,28)25-14(2)19-10-15-3-4-16(19)9-15/h5-8,11-12,14-16,19,25H,3-4,9-10H2,1-2H3,(H,24,26)/t14-,15-,16-,19-/m0/s1. The van der Waals surface area contributed by atoms with Gasteiger partial charge in [0, 0.05) is 17.9 Å². The van der Waals surface area contributed by atoms with Crippen LogP contribution in [-0.4, -0.2) is 30.3 Å². The van der Waals surface area contributed by atoms with E-state index in [0.29, 0.717) is 17.5 Å². The van der Waals surface area contributed by atoms with E-state index in [-0.39, 0.29) is 16.6 Å². The first-order chi connectivity index (χ1) is 13.8. The molecule has 2 bridgehead atoms. The number of amides is 1. The van der Waals surface area contributed by atoms with Gasteiger partial charge in [-0.05, 0) is 75.1 Å². The van der Waals surface area contributed by atoms with Gasteiger partial charge < -0.3 is 5.32 Å². The Morgan fingerprint density at radius 1 is 1.10 bits per heavy atom. The first kappa shape index (κ1) is 20.0. The number of rotatable bonds is 6. The lowest BCUT2D eigenvalue weighted by atomic mass is 9.84. The summed E-state index contributed by atoms with van der Waals surface area (Å²) in [6, 6.07) is 6.10. The number of aryl methyl sites for hydroxylation is 1. The molecule has 2 fully saturated rings. The van der Waals surface area contributed by atoms with Crippen LogP contribution in [0.4, 0.5) is 5.69 Å². The maximum absolute atomic E-state index is 12.8. The number of aromatic nitrogens is 2. The van der Waals surface area contributed by atoms with E-state index in [4.69, 9.17) is 0 Å². The highest BCUT2D eigenvalue weighted by atomic mass is 32.2. The fourth-order valence-electron chi connectivity index (χ4n) is 4.73. The average Bonchev–Trinajstić information content (AvgIpc) is 3.32. The van der Waals surface area contributed by atoms with E-state index in [1.807, 2.05) is 6.92 Å². The molecule has 154 valence electrons. The summed E-state index contributed by atoms with van der Waals surface area (Å²) in [6.07, 6.45) is 7.82. The molecule has 1 amide bonds. The van der Waals surface area contributed by atoms with E-state index in [2.05, 4.69) is 20.0 Å². The van der Waals surface area contributed by atoms with E-state index in [0.717, 1.165) is 18.0 Å². The van der Waals surface area contributed by atoms with Gasteiger partial charge in [0.1, 0.15) is 5.69 Å². The summed E-state index contributed by atoms with van der Waals surface area (Å²) in [4.78, 5) is 20.5. The van der Waals surface area contributed by atoms with E-state index >= 15 is 0 Å². The molecular formula is C21H26N4O3S. The summed E-state index contributed by atoms with van der Waals surface area (Å²) in [5.74, 6) is 1.46. The van der Waals surface area contributed by atoms with Gasteiger partial charge in [0.05, 0.1) is 16.8 Å². The van der Waals surface area contributed by atoms with Crippen molar-refractivity contribution in [3.8, 4) is 0 Å². The highest BCUT2D eigenvalue weighted by molar-refractivity contribution is 7.89. The van der Waals surface area contributed by atoms with Gasteiger partial charge in [-0.2, -0.15) is 0 Å². The third kappa shape index (κ3) is 4.33. The third-order valence-corrected chi connectivity index (χ3v) is 7.79. The fourth-order valence-corrected chi connectivity index (χ4v) is 6.02. The van der Waals surface area contributed by atoms with Crippen LogP contribution in [0.1, 0.15) is 48.8 Å². The van der Waals surface area contributed by atoms with Crippen molar-refractivity contribution in [2.24, 2.45) is 17.8 Å². The zero-order chi connectivity index (χ0) is 20.6. The van der Waals surface area contributed by atoms with Crippen LogP contribution < -0.4 is 10.0 Å². The molecule has 4 rings (SSSR count). The molecule has 2 aromatic rings. The maximum Gasteiger partial charge on any atom is 0.275 e. The van der Waals surface area contributed by atoms with Crippen molar-refractivity contribution in [2.45, 2.75) is 50.5 Å². The fraction of sp³-hybridized carbons (Fsp3) is 0.476. The van der Waals surface area contributed by atoms with Gasteiger partial charge in [-0.1, -0.05) is 6.42 Å². The lowest BCUT2D eigenvalue weighted by Crippen LogP contribution is -2.40. The number of carbonyl (C=O) groups excluding carboxylic acids is 1. The topological polar surface area (TPSA) is 101 Å². The highest BCUT2D eigenvalue weighted by Crippen LogP contribution is 2.49. The molecule has 8 heteroatoms. The molecule has 1 heterocycles. The van der Waals surface area contributed by atoms with Gasteiger partial charge in [0.2, 0.25) is 10.0 Å². The molecule has 29 heavy (non-hydrogen) atoms. The largest absolute Gasteiger partial charge is 0.321 e. The van der Waals surface area contributed by atoms with Crippen LogP contribution in [0, 0.1) is 24.7 Å². The molecule has 1 aromatic carbocycles. The zero-order valence-electron chi connectivity index (χ0n) is 16.6. The lowest BCUT2D eigenvalue weighted by Gasteiger charge is -2.28. The van der Waals surface area contributed by atoms with E-state index < -0.39 is 15.9 Å². The molecule has 2 aliphatic carbocycles. The Labute approximate surface area is 171 Å². The number of hydrogen-bond donors (Lipinski definition) is 2. The second kappa shape index (κ2) is 7.84. The number of hydrogen-bond acceptors (Lipinski definition) is 5. The molecule has 4 atom stereocenters. The SMILES string of the molecule is Cc1cnc(C(=O)Nc2ccc(S(=O)(=O)N[C@@H](C)[C@@H]3C[C@H]4CC[C@H]3C4)cc2)cn1. The summed E-state index contributed by atoms with van der Waals surface area (Å²) in [5.41, 5.74) is 1.43. The van der Waals surface area contributed by atoms with Crippen molar-refractivity contribution in [3.63, 3.8) is 0 Å². The monoisotopic (exact) mass is 414 g/mol. The molecule has 0 radical (unpaired) electrons. The average molecular weight is 415 g/mol. The van der Waals surface area contributed by atoms with E-state index in [1.165, 1.54) is 43.8 Å². The van der Waals surface area contributed by atoms with Crippen LogP contribution in [0.5, 0.6) is 0 Å².